The normalized spacial score (nSPS) is 13.8. The van der Waals surface area contributed by atoms with E-state index >= 15 is 0 Å². The summed E-state index contributed by atoms with van der Waals surface area (Å²) in [5.74, 6) is 2.72. The minimum Gasteiger partial charge on any atom is -0.496 e. The Morgan fingerprint density at radius 3 is 2.61 bits per heavy atom. The van der Waals surface area contributed by atoms with Gasteiger partial charge in [0.1, 0.15) is 11.6 Å². The molecule has 1 saturated heterocycles. The van der Waals surface area contributed by atoms with Crippen LogP contribution in [0.5, 0.6) is 5.75 Å². The Bertz CT molecular complexity index is 790. The molecular weight excluding hydrogens is 465 g/mol. The van der Waals surface area contributed by atoms with Crippen molar-refractivity contribution in [1.29, 1.82) is 0 Å². The molecule has 2 N–H and O–H groups in total. The van der Waals surface area contributed by atoms with E-state index in [0.717, 1.165) is 36.2 Å². The molecule has 3 rings (SSSR count). The highest BCUT2D eigenvalue weighted by molar-refractivity contribution is 14.0. The van der Waals surface area contributed by atoms with Crippen LogP contribution in [0.15, 0.2) is 41.5 Å². The number of guanidine groups is 1. The van der Waals surface area contributed by atoms with Gasteiger partial charge in [0.05, 0.1) is 7.11 Å². The van der Waals surface area contributed by atoms with Crippen LogP contribution in [0, 0.1) is 6.92 Å². The molecule has 2 heterocycles. The second-order valence-corrected chi connectivity index (χ2v) is 6.81. The summed E-state index contributed by atoms with van der Waals surface area (Å²) in [6.07, 6.45) is 4.39. The average Bonchev–Trinajstić information content (AvgIpc) is 3.24. The van der Waals surface area contributed by atoms with Crippen molar-refractivity contribution < 1.29 is 4.74 Å². The molecule has 0 amide bonds. The minimum atomic E-state index is 0. The number of pyridine rings is 1. The van der Waals surface area contributed by atoms with Gasteiger partial charge in [-0.1, -0.05) is 12.1 Å². The summed E-state index contributed by atoms with van der Waals surface area (Å²) in [5.41, 5.74) is 3.48. The second kappa shape index (κ2) is 11.1. The van der Waals surface area contributed by atoms with Crippen molar-refractivity contribution in [1.82, 2.24) is 15.6 Å². The molecule has 1 aromatic heterocycles. The molecule has 0 spiro atoms. The number of halogens is 1. The zero-order chi connectivity index (χ0) is 19.1. The Hall–Kier alpha value is -2.03. The molecule has 152 valence electrons. The monoisotopic (exact) mass is 495 g/mol. The predicted octanol–water partition coefficient (Wildman–Crippen LogP) is 3.48. The fraction of sp³-hybridized carbons (Fsp3) is 0.429. The van der Waals surface area contributed by atoms with Crippen LogP contribution in [0.4, 0.5) is 5.82 Å². The van der Waals surface area contributed by atoms with Crippen molar-refractivity contribution in [3.63, 3.8) is 0 Å². The summed E-state index contributed by atoms with van der Waals surface area (Å²) in [7, 11) is 3.48. The maximum atomic E-state index is 5.47. The Kier molecular flexibility index (Phi) is 8.82. The van der Waals surface area contributed by atoms with Gasteiger partial charge in [-0.2, -0.15) is 0 Å². The van der Waals surface area contributed by atoms with Gasteiger partial charge in [0.25, 0.3) is 0 Å². The number of methoxy groups -OCH3 is 1. The number of hydrogen-bond donors (Lipinski definition) is 2. The van der Waals surface area contributed by atoms with Gasteiger partial charge in [0, 0.05) is 45.0 Å². The standard InChI is InChI=1S/C21H29N5O.HI/c1-16-6-7-18(19(12-16)27-3)15-25-21(22-2)24-14-17-8-9-23-20(13-17)26-10-4-5-11-26;/h6-9,12-13H,4-5,10-11,14-15H2,1-3H3,(H2,22,24,25);1H. The maximum absolute atomic E-state index is 5.47. The highest BCUT2D eigenvalue weighted by Crippen LogP contribution is 2.20. The fourth-order valence-corrected chi connectivity index (χ4v) is 3.27. The first-order valence-corrected chi connectivity index (χ1v) is 9.47. The molecule has 6 nitrogen and oxygen atoms in total. The van der Waals surface area contributed by atoms with Gasteiger partial charge in [0.15, 0.2) is 5.96 Å². The largest absolute Gasteiger partial charge is 0.496 e. The van der Waals surface area contributed by atoms with Crippen LogP contribution in [0.25, 0.3) is 0 Å². The van der Waals surface area contributed by atoms with Gasteiger partial charge >= 0.3 is 0 Å². The van der Waals surface area contributed by atoms with Crippen molar-refractivity contribution in [2.24, 2.45) is 4.99 Å². The molecule has 0 aliphatic carbocycles. The highest BCUT2D eigenvalue weighted by Gasteiger charge is 2.13. The van der Waals surface area contributed by atoms with E-state index in [-0.39, 0.29) is 24.0 Å². The number of aliphatic imine (C=N–C) groups is 1. The van der Waals surface area contributed by atoms with Crippen LogP contribution >= 0.6 is 24.0 Å². The molecule has 7 heteroatoms. The quantitative estimate of drug-likeness (QED) is 0.365. The van der Waals surface area contributed by atoms with Crippen molar-refractivity contribution in [2.45, 2.75) is 32.9 Å². The van der Waals surface area contributed by atoms with Gasteiger partial charge in [0.2, 0.25) is 0 Å². The van der Waals surface area contributed by atoms with E-state index in [1.807, 2.05) is 18.3 Å². The van der Waals surface area contributed by atoms with E-state index in [1.165, 1.54) is 24.0 Å². The number of benzene rings is 1. The molecule has 0 bridgehead atoms. The molecule has 0 radical (unpaired) electrons. The number of rotatable bonds is 6. The average molecular weight is 495 g/mol. The Morgan fingerprint density at radius 1 is 1.14 bits per heavy atom. The smallest absolute Gasteiger partial charge is 0.191 e. The van der Waals surface area contributed by atoms with Crippen LogP contribution in [0.3, 0.4) is 0 Å². The number of nitrogens with one attached hydrogen (secondary N) is 2. The van der Waals surface area contributed by atoms with Gasteiger partial charge in [-0.3, -0.25) is 4.99 Å². The SMILES string of the molecule is CN=C(NCc1ccnc(N2CCCC2)c1)NCc1ccc(C)cc1OC.I. The number of ether oxygens (including phenoxy) is 1. The molecule has 0 unspecified atom stereocenters. The number of aryl methyl sites for hydroxylation is 1. The van der Waals surface area contributed by atoms with Crippen molar-refractivity contribution in [3.8, 4) is 5.75 Å². The van der Waals surface area contributed by atoms with Gasteiger partial charge in [-0.15, -0.1) is 24.0 Å². The highest BCUT2D eigenvalue weighted by atomic mass is 127. The topological polar surface area (TPSA) is 61.8 Å². The molecule has 0 atom stereocenters. The molecular formula is C21H30IN5O. The zero-order valence-corrected chi connectivity index (χ0v) is 19.2. The lowest BCUT2D eigenvalue weighted by molar-refractivity contribution is 0.408. The molecule has 28 heavy (non-hydrogen) atoms. The predicted molar refractivity (Wildman–Crippen MR) is 126 cm³/mol. The van der Waals surface area contributed by atoms with Crippen LogP contribution in [0.1, 0.15) is 29.5 Å². The second-order valence-electron chi connectivity index (χ2n) is 6.81. The third-order valence-electron chi connectivity index (χ3n) is 4.81. The minimum absolute atomic E-state index is 0. The van der Waals surface area contributed by atoms with Crippen LogP contribution in [-0.2, 0) is 13.1 Å². The lowest BCUT2D eigenvalue weighted by Gasteiger charge is -2.17. The summed E-state index contributed by atoms with van der Waals surface area (Å²) < 4.78 is 5.47. The van der Waals surface area contributed by atoms with Gasteiger partial charge in [-0.05, 0) is 49.1 Å². The Balaban J connectivity index is 0.00000280. The molecule has 1 aromatic carbocycles. The third kappa shape index (κ3) is 5.98. The van der Waals surface area contributed by atoms with E-state index < -0.39 is 0 Å². The van der Waals surface area contributed by atoms with Crippen molar-refractivity contribution in [3.05, 3.63) is 53.2 Å². The van der Waals surface area contributed by atoms with Crippen molar-refractivity contribution in [2.75, 3.05) is 32.1 Å². The summed E-state index contributed by atoms with van der Waals surface area (Å²) >= 11 is 0. The number of anilines is 1. The molecule has 0 saturated carbocycles. The van der Waals surface area contributed by atoms with E-state index in [2.05, 4.69) is 50.6 Å². The molecule has 2 aromatic rings. The van der Waals surface area contributed by atoms with Crippen LogP contribution < -0.4 is 20.3 Å². The summed E-state index contributed by atoms with van der Waals surface area (Å²) in [5, 5.41) is 6.73. The first-order valence-electron chi connectivity index (χ1n) is 9.47. The first kappa shape index (κ1) is 22.3. The van der Waals surface area contributed by atoms with E-state index in [4.69, 9.17) is 4.74 Å². The van der Waals surface area contributed by atoms with Crippen LogP contribution in [-0.4, -0.2) is 38.2 Å². The lowest BCUT2D eigenvalue weighted by Crippen LogP contribution is -2.36. The number of hydrogen-bond acceptors (Lipinski definition) is 4. The van der Waals surface area contributed by atoms with Crippen LogP contribution in [0.2, 0.25) is 0 Å². The molecule has 1 fully saturated rings. The Labute approximate surface area is 184 Å². The maximum Gasteiger partial charge on any atom is 0.191 e. The van der Waals surface area contributed by atoms with Crippen molar-refractivity contribution >= 4 is 35.8 Å². The van der Waals surface area contributed by atoms with Gasteiger partial charge < -0.3 is 20.3 Å². The third-order valence-corrected chi connectivity index (χ3v) is 4.81. The molecule has 1 aliphatic heterocycles. The summed E-state index contributed by atoms with van der Waals surface area (Å²) in [4.78, 5) is 11.2. The van der Waals surface area contributed by atoms with E-state index in [1.54, 1.807) is 14.2 Å². The fourth-order valence-electron chi connectivity index (χ4n) is 3.27. The van der Waals surface area contributed by atoms with Gasteiger partial charge in [-0.25, -0.2) is 4.98 Å². The Morgan fingerprint density at radius 2 is 1.89 bits per heavy atom. The summed E-state index contributed by atoms with van der Waals surface area (Å²) in [6.45, 7) is 5.62. The van der Waals surface area contributed by atoms with E-state index in [9.17, 15) is 0 Å². The molecule has 1 aliphatic rings. The lowest BCUT2D eigenvalue weighted by atomic mass is 10.1. The van der Waals surface area contributed by atoms with E-state index in [0.29, 0.717) is 13.1 Å². The number of aromatic nitrogens is 1. The first-order chi connectivity index (χ1) is 13.2. The zero-order valence-electron chi connectivity index (χ0n) is 16.9. The summed E-state index contributed by atoms with van der Waals surface area (Å²) in [6, 6.07) is 10.4. The number of nitrogens with zero attached hydrogens (tertiary/aromatic N) is 3.